The Morgan fingerprint density at radius 2 is 1.77 bits per heavy atom. The van der Waals surface area contributed by atoms with Gasteiger partial charge in [0.25, 0.3) is 5.79 Å². The van der Waals surface area contributed by atoms with Crippen molar-refractivity contribution in [3.8, 4) is 5.75 Å². The van der Waals surface area contributed by atoms with Crippen LogP contribution in [0.1, 0.15) is 37.7 Å². The van der Waals surface area contributed by atoms with Crippen molar-refractivity contribution in [1.29, 1.82) is 0 Å². The van der Waals surface area contributed by atoms with Crippen LogP contribution in [0.15, 0.2) is 18.2 Å². The summed E-state index contributed by atoms with van der Waals surface area (Å²) in [7, 11) is -3.75. The molecule has 3 atom stereocenters. The second kappa shape index (κ2) is 8.69. The zero-order chi connectivity index (χ0) is 19.9. The van der Waals surface area contributed by atoms with Crippen LogP contribution in [-0.2, 0) is 24.9 Å². The fourth-order valence-electron chi connectivity index (χ4n) is 6.24. The van der Waals surface area contributed by atoms with E-state index in [1.54, 1.807) is 6.07 Å². The predicted octanol–water partition coefficient (Wildman–Crippen LogP) is -3.13. The maximum atomic E-state index is 11.1. The molecule has 30 heavy (non-hydrogen) atoms. The van der Waals surface area contributed by atoms with E-state index in [1.165, 1.54) is 19.2 Å². The third-order valence-electron chi connectivity index (χ3n) is 6.95. The van der Waals surface area contributed by atoms with Crippen molar-refractivity contribution < 1.29 is 92.5 Å². The average Bonchev–Trinajstić information content (AvgIpc) is 2.54. The first-order valence-corrected chi connectivity index (χ1v) is 11.4. The number of rotatable bonds is 4. The molecule has 5 fully saturated rings. The van der Waals surface area contributed by atoms with E-state index < -0.39 is 19.2 Å². The molecule has 12 heteroatoms. The van der Waals surface area contributed by atoms with Gasteiger partial charge in [-0.2, -0.15) is 4.89 Å². The predicted molar refractivity (Wildman–Crippen MR) is 95.4 cm³/mol. The van der Waals surface area contributed by atoms with Crippen molar-refractivity contribution in [1.82, 2.24) is 0 Å². The largest absolute Gasteiger partial charge is 1.00 e. The maximum Gasteiger partial charge on any atom is 1.00 e. The van der Waals surface area contributed by atoms with Gasteiger partial charge in [0.05, 0.1) is 5.02 Å². The van der Waals surface area contributed by atoms with E-state index in [1.807, 2.05) is 0 Å². The number of hydrogen-bond acceptors (Lipinski definition) is 7. The van der Waals surface area contributed by atoms with Crippen molar-refractivity contribution in [2.24, 2.45) is 17.8 Å². The van der Waals surface area contributed by atoms with Crippen LogP contribution < -0.4 is 73.4 Å². The molecule has 1 saturated heterocycles. The van der Waals surface area contributed by atoms with Crippen LogP contribution >= 0.6 is 31.0 Å². The molecule has 0 N–H and O–H groups in total. The summed E-state index contributed by atoms with van der Waals surface area (Å²) >= 11 is 12.9. The molecular formula is C18H19Cl2Na2O7P. The van der Waals surface area contributed by atoms with Crippen LogP contribution in [0.5, 0.6) is 5.75 Å². The van der Waals surface area contributed by atoms with Crippen molar-refractivity contribution in [2.45, 2.75) is 48.4 Å². The molecule has 4 bridgehead atoms. The third-order valence-corrected chi connectivity index (χ3v) is 8.14. The van der Waals surface area contributed by atoms with Crippen LogP contribution in [0.4, 0.5) is 0 Å². The summed E-state index contributed by atoms with van der Waals surface area (Å²) in [4.78, 5) is 33.4. The molecule has 6 rings (SSSR count). The number of hydrogen-bond donors (Lipinski definition) is 0. The standard InChI is InChI=1S/C18H21Cl2O7P.2Na/c1-24-18(11-2-3-14(19)15(6-11)25-28(21,22)23)17(26-27-18)12-4-10-5-13(17)9-16(20,7-10)8-12;;/h2-3,6,10,12-13H,4-5,7-9H2,1H3,(H2,21,22,23);;/q;2*+1/p-2. The molecule has 1 aliphatic heterocycles. The van der Waals surface area contributed by atoms with Crippen LogP contribution in [0.2, 0.25) is 5.02 Å². The van der Waals surface area contributed by atoms with Gasteiger partial charge in [-0.15, -0.1) is 11.6 Å². The molecule has 3 unspecified atom stereocenters. The Labute approximate surface area is 229 Å². The molecule has 5 aliphatic rings. The Hall–Kier alpha value is 1.63. The maximum absolute atomic E-state index is 11.1. The number of methoxy groups -OCH3 is 1. The van der Waals surface area contributed by atoms with Gasteiger partial charge in [0.1, 0.15) is 13.6 Å². The second-order valence-electron chi connectivity index (χ2n) is 8.46. The Morgan fingerprint density at radius 3 is 2.23 bits per heavy atom. The van der Waals surface area contributed by atoms with Crippen LogP contribution in [0.3, 0.4) is 0 Å². The quantitative estimate of drug-likeness (QED) is 0.189. The zero-order valence-electron chi connectivity index (χ0n) is 17.1. The van der Waals surface area contributed by atoms with Crippen LogP contribution in [0, 0.1) is 17.8 Å². The van der Waals surface area contributed by atoms with E-state index in [4.69, 9.17) is 37.7 Å². The number of halogens is 2. The first-order chi connectivity index (χ1) is 13.1. The van der Waals surface area contributed by atoms with Gasteiger partial charge in [-0.1, -0.05) is 17.7 Å². The molecule has 1 aromatic carbocycles. The molecule has 4 saturated carbocycles. The number of alkyl halides is 1. The number of ether oxygens (including phenoxy) is 1. The van der Waals surface area contributed by atoms with E-state index in [0.717, 1.165) is 32.1 Å². The summed E-state index contributed by atoms with van der Waals surface area (Å²) in [5.74, 6) is -0.644. The number of phosphoric ester groups is 1. The molecule has 154 valence electrons. The van der Waals surface area contributed by atoms with Gasteiger partial charge >= 0.3 is 59.1 Å². The van der Waals surface area contributed by atoms with E-state index in [2.05, 4.69) is 4.52 Å². The average molecular weight is 495 g/mol. The molecule has 4 aliphatic carbocycles. The fraction of sp³-hybridized carbons (Fsp3) is 0.667. The Balaban J connectivity index is 0.00000128. The smallest absolute Gasteiger partial charge is 0.780 e. The summed E-state index contributed by atoms with van der Waals surface area (Å²) in [6.45, 7) is 0. The summed E-state index contributed by atoms with van der Waals surface area (Å²) in [6, 6.07) is 4.50. The van der Waals surface area contributed by atoms with Crippen LogP contribution in [-0.4, -0.2) is 17.6 Å². The van der Waals surface area contributed by atoms with E-state index in [0.29, 0.717) is 11.5 Å². The molecule has 7 nitrogen and oxygen atoms in total. The van der Waals surface area contributed by atoms with Crippen molar-refractivity contribution in [3.63, 3.8) is 0 Å². The van der Waals surface area contributed by atoms with Crippen molar-refractivity contribution in [3.05, 3.63) is 28.8 Å². The molecule has 1 spiro atoms. The summed E-state index contributed by atoms with van der Waals surface area (Å²) < 4.78 is 21.5. The van der Waals surface area contributed by atoms with Crippen LogP contribution in [0.25, 0.3) is 0 Å². The molecule has 1 heterocycles. The Morgan fingerprint density at radius 1 is 1.13 bits per heavy atom. The Kier molecular flexibility index (Phi) is 7.60. The molecule has 0 aromatic heterocycles. The topological polar surface area (TPSA) is 100 Å². The minimum Gasteiger partial charge on any atom is -0.780 e. The van der Waals surface area contributed by atoms with Gasteiger partial charge in [0, 0.05) is 17.5 Å². The SMILES string of the molecule is COC1(c2ccc(Cl)c(OP(=O)([O-])[O-])c2)OOC12C1CC3CC2CC(Cl)(C3)C1.[Na+].[Na+]. The Bertz CT molecular complexity index is 864. The monoisotopic (exact) mass is 494 g/mol. The summed E-state index contributed by atoms with van der Waals surface area (Å²) in [5.41, 5.74) is -0.231. The van der Waals surface area contributed by atoms with Gasteiger partial charge in [-0.3, -0.25) is 0 Å². The minimum atomic E-state index is -5.27. The number of benzene rings is 1. The normalized spacial score (nSPS) is 41.0. The molecular weight excluding hydrogens is 476 g/mol. The van der Waals surface area contributed by atoms with E-state index >= 15 is 0 Å². The first-order valence-electron chi connectivity index (χ1n) is 9.23. The van der Waals surface area contributed by atoms with Gasteiger partial charge in [0.15, 0.2) is 5.60 Å². The van der Waals surface area contributed by atoms with Gasteiger partial charge in [0.2, 0.25) is 0 Å². The third kappa shape index (κ3) is 3.83. The zero-order valence-corrected chi connectivity index (χ0v) is 23.5. The van der Waals surface area contributed by atoms with E-state index in [9.17, 15) is 14.4 Å². The van der Waals surface area contributed by atoms with Crippen molar-refractivity contribution in [2.75, 3.05) is 7.11 Å². The van der Waals surface area contributed by atoms with Gasteiger partial charge < -0.3 is 23.6 Å². The van der Waals surface area contributed by atoms with E-state index in [-0.39, 0.29) is 86.6 Å². The van der Waals surface area contributed by atoms with Crippen molar-refractivity contribution >= 4 is 31.0 Å². The fourth-order valence-corrected chi connectivity index (χ4v) is 7.43. The number of phosphoric acid groups is 1. The summed E-state index contributed by atoms with van der Waals surface area (Å²) in [6.07, 6.45) is 4.60. The molecule has 0 radical (unpaired) electrons. The first kappa shape index (κ1) is 26.2. The second-order valence-corrected chi connectivity index (χ2v) is 10.7. The van der Waals surface area contributed by atoms with Gasteiger partial charge in [-0.05, 0) is 62.0 Å². The molecule has 0 amide bonds. The minimum absolute atomic E-state index is 0. The molecule has 1 aromatic rings. The van der Waals surface area contributed by atoms with Gasteiger partial charge in [-0.25, -0.2) is 4.89 Å². The summed E-state index contributed by atoms with van der Waals surface area (Å²) in [5, 5.41) is 0.000939.